The number of phenolic OH excluding ortho intramolecular Hbond substituents is 1. The smallest absolute Gasteiger partial charge is 0.257 e. The molecule has 0 aliphatic carbocycles. The summed E-state index contributed by atoms with van der Waals surface area (Å²) < 4.78 is 1.89. The van der Waals surface area contributed by atoms with E-state index in [9.17, 15) is 14.7 Å². The molecule has 3 aromatic rings. The monoisotopic (exact) mass is 418 g/mol. The van der Waals surface area contributed by atoms with Crippen molar-refractivity contribution in [3.8, 4) is 5.75 Å². The first-order valence-corrected chi connectivity index (χ1v) is 10.5. The van der Waals surface area contributed by atoms with E-state index in [4.69, 9.17) is 0 Å². The van der Waals surface area contributed by atoms with Crippen molar-refractivity contribution in [3.05, 3.63) is 83.2 Å². The first-order valence-electron chi connectivity index (χ1n) is 10.5. The van der Waals surface area contributed by atoms with Crippen LogP contribution in [0.25, 0.3) is 0 Å². The van der Waals surface area contributed by atoms with E-state index in [1.54, 1.807) is 34.2 Å². The van der Waals surface area contributed by atoms with Gasteiger partial charge in [-0.1, -0.05) is 49.4 Å². The second kappa shape index (κ2) is 9.04. The van der Waals surface area contributed by atoms with Gasteiger partial charge in [-0.25, -0.2) is 0 Å². The number of aromatic nitrogens is 2. The summed E-state index contributed by atoms with van der Waals surface area (Å²) in [5.74, 6) is -0.287. The number of rotatable bonds is 5. The van der Waals surface area contributed by atoms with Gasteiger partial charge in [-0.15, -0.1) is 0 Å². The molecule has 2 amide bonds. The molecule has 1 aromatic heterocycles. The lowest BCUT2D eigenvalue weighted by molar-refractivity contribution is 0.0533. The highest BCUT2D eigenvalue weighted by Crippen LogP contribution is 2.20. The van der Waals surface area contributed by atoms with Crippen LogP contribution in [0, 0.1) is 0 Å². The maximum absolute atomic E-state index is 13.2. The molecule has 0 unspecified atom stereocenters. The van der Waals surface area contributed by atoms with E-state index in [0.717, 1.165) is 11.3 Å². The molecule has 1 fully saturated rings. The largest absolute Gasteiger partial charge is 0.507 e. The Morgan fingerprint density at radius 1 is 0.871 bits per heavy atom. The van der Waals surface area contributed by atoms with Crippen LogP contribution < -0.4 is 0 Å². The average Bonchev–Trinajstić information content (AvgIpc) is 3.21. The molecule has 7 nitrogen and oxygen atoms in total. The normalized spacial score (nSPS) is 14.0. The molecular formula is C24H26N4O3. The molecule has 2 heterocycles. The number of phenols is 1. The van der Waals surface area contributed by atoms with Crippen LogP contribution in [-0.2, 0) is 13.0 Å². The molecule has 0 atom stereocenters. The molecule has 0 spiro atoms. The topological polar surface area (TPSA) is 78.7 Å². The number of nitrogens with zero attached hydrogens (tertiary/aromatic N) is 4. The van der Waals surface area contributed by atoms with Gasteiger partial charge in [0, 0.05) is 26.2 Å². The number of hydrogen-bond donors (Lipinski definition) is 1. The molecule has 1 aliphatic heterocycles. The average molecular weight is 418 g/mol. The van der Waals surface area contributed by atoms with Gasteiger partial charge in [0.05, 0.1) is 29.6 Å². The van der Waals surface area contributed by atoms with Crippen molar-refractivity contribution in [2.24, 2.45) is 0 Å². The van der Waals surface area contributed by atoms with Crippen LogP contribution in [0.15, 0.2) is 60.8 Å². The molecule has 160 valence electrons. The standard InChI is InChI=1S/C24H26N4O3/c1-2-21-20(16-25-28(21)17-18-8-4-3-5-9-18)24(31)27-14-12-26(13-15-27)23(30)19-10-6-7-11-22(19)29/h3-11,16,29H,2,12-15,17H2,1H3. The Morgan fingerprint density at radius 3 is 2.06 bits per heavy atom. The number of aromatic hydroxyl groups is 1. The number of amides is 2. The van der Waals surface area contributed by atoms with Crippen LogP contribution in [0.3, 0.4) is 0 Å². The van der Waals surface area contributed by atoms with Crippen molar-refractivity contribution in [2.75, 3.05) is 26.2 Å². The SMILES string of the molecule is CCc1c(C(=O)N2CCN(C(=O)c3ccccc3O)CC2)cnn1Cc1ccccc1. The Kier molecular flexibility index (Phi) is 6.02. The predicted molar refractivity (Wildman–Crippen MR) is 117 cm³/mol. The van der Waals surface area contributed by atoms with Crippen LogP contribution in [0.5, 0.6) is 5.75 Å². The second-order valence-corrected chi connectivity index (χ2v) is 7.60. The van der Waals surface area contributed by atoms with E-state index >= 15 is 0 Å². The van der Waals surface area contributed by atoms with Gasteiger partial charge in [0.25, 0.3) is 11.8 Å². The molecule has 0 radical (unpaired) electrons. The zero-order valence-electron chi connectivity index (χ0n) is 17.6. The van der Waals surface area contributed by atoms with E-state index in [1.165, 1.54) is 6.07 Å². The van der Waals surface area contributed by atoms with E-state index < -0.39 is 0 Å². The Labute approximate surface area is 181 Å². The minimum absolute atomic E-state index is 0.0237. The first-order chi connectivity index (χ1) is 15.1. The minimum atomic E-state index is -0.213. The van der Waals surface area contributed by atoms with E-state index in [1.807, 2.05) is 41.9 Å². The van der Waals surface area contributed by atoms with Crippen molar-refractivity contribution in [1.29, 1.82) is 0 Å². The predicted octanol–water partition coefficient (Wildman–Crippen LogP) is 2.80. The van der Waals surface area contributed by atoms with Gasteiger partial charge in [-0.2, -0.15) is 5.10 Å². The van der Waals surface area contributed by atoms with Gasteiger partial charge in [0.15, 0.2) is 0 Å². The lowest BCUT2D eigenvalue weighted by Gasteiger charge is -2.35. The van der Waals surface area contributed by atoms with Gasteiger partial charge in [0.1, 0.15) is 5.75 Å². The highest BCUT2D eigenvalue weighted by atomic mass is 16.3. The lowest BCUT2D eigenvalue weighted by atomic mass is 10.1. The summed E-state index contributed by atoms with van der Waals surface area (Å²) in [5, 5.41) is 14.4. The molecule has 1 N–H and O–H groups in total. The number of carbonyl (C=O) groups excluding carboxylic acids is 2. The third-order valence-corrected chi connectivity index (χ3v) is 5.68. The molecule has 1 saturated heterocycles. The molecule has 0 bridgehead atoms. The van der Waals surface area contributed by atoms with Crippen molar-refractivity contribution in [3.63, 3.8) is 0 Å². The highest BCUT2D eigenvalue weighted by molar-refractivity contribution is 5.97. The fourth-order valence-corrected chi connectivity index (χ4v) is 3.96. The number of hydrogen-bond acceptors (Lipinski definition) is 4. The Balaban J connectivity index is 1.43. The minimum Gasteiger partial charge on any atom is -0.507 e. The Bertz CT molecular complexity index is 1070. The van der Waals surface area contributed by atoms with Gasteiger partial charge < -0.3 is 14.9 Å². The van der Waals surface area contributed by atoms with Crippen molar-refractivity contribution in [1.82, 2.24) is 19.6 Å². The summed E-state index contributed by atoms with van der Waals surface area (Å²) in [6, 6.07) is 16.6. The van der Waals surface area contributed by atoms with E-state index in [2.05, 4.69) is 5.10 Å². The fourth-order valence-electron chi connectivity index (χ4n) is 3.96. The molecule has 7 heteroatoms. The number of benzene rings is 2. The second-order valence-electron chi connectivity index (χ2n) is 7.60. The van der Waals surface area contributed by atoms with Crippen LogP contribution in [0.2, 0.25) is 0 Å². The van der Waals surface area contributed by atoms with Gasteiger partial charge in [0.2, 0.25) is 0 Å². The summed E-state index contributed by atoms with van der Waals surface area (Å²) in [7, 11) is 0. The maximum atomic E-state index is 13.2. The molecule has 0 saturated carbocycles. The molecular weight excluding hydrogens is 392 g/mol. The third-order valence-electron chi connectivity index (χ3n) is 5.68. The maximum Gasteiger partial charge on any atom is 0.257 e. The van der Waals surface area contributed by atoms with Crippen molar-refractivity contribution in [2.45, 2.75) is 19.9 Å². The van der Waals surface area contributed by atoms with Gasteiger partial charge >= 0.3 is 0 Å². The first kappa shape index (κ1) is 20.7. The zero-order chi connectivity index (χ0) is 21.8. The van der Waals surface area contributed by atoms with Gasteiger partial charge in [-0.3, -0.25) is 14.3 Å². The van der Waals surface area contributed by atoms with E-state index in [0.29, 0.717) is 44.7 Å². The summed E-state index contributed by atoms with van der Waals surface area (Å²) in [5.41, 5.74) is 2.97. The summed E-state index contributed by atoms with van der Waals surface area (Å²) >= 11 is 0. The van der Waals surface area contributed by atoms with Crippen LogP contribution in [0.4, 0.5) is 0 Å². The summed E-state index contributed by atoms with van der Waals surface area (Å²) in [4.78, 5) is 29.3. The quantitative estimate of drug-likeness (QED) is 0.691. The summed E-state index contributed by atoms with van der Waals surface area (Å²) in [6.45, 7) is 4.41. The number of carbonyl (C=O) groups is 2. The number of piperazine rings is 1. The van der Waals surface area contributed by atoms with Gasteiger partial charge in [-0.05, 0) is 24.1 Å². The molecule has 4 rings (SSSR count). The Morgan fingerprint density at radius 2 is 1.45 bits per heavy atom. The van der Waals surface area contributed by atoms with E-state index in [-0.39, 0.29) is 23.1 Å². The highest BCUT2D eigenvalue weighted by Gasteiger charge is 2.28. The molecule has 31 heavy (non-hydrogen) atoms. The van der Waals surface area contributed by atoms with Crippen LogP contribution in [0.1, 0.15) is 38.9 Å². The van der Waals surface area contributed by atoms with Crippen LogP contribution in [-0.4, -0.2) is 62.7 Å². The van der Waals surface area contributed by atoms with Crippen molar-refractivity contribution < 1.29 is 14.7 Å². The zero-order valence-corrected chi connectivity index (χ0v) is 17.6. The van der Waals surface area contributed by atoms with Crippen molar-refractivity contribution >= 4 is 11.8 Å². The lowest BCUT2D eigenvalue weighted by Crippen LogP contribution is -2.50. The molecule has 2 aromatic carbocycles. The van der Waals surface area contributed by atoms with Crippen LogP contribution >= 0.6 is 0 Å². The number of para-hydroxylation sites is 1. The summed E-state index contributed by atoms with van der Waals surface area (Å²) in [6.07, 6.45) is 2.36. The fraction of sp³-hybridized carbons (Fsp3) is 0.292. The molecule has 1 aliphatic rings. The third kappa shape index (κ3) is 4.30. The Hall–Kier alpha value is -3.61.